The first kappa shape index (κ1) is 18.8. The van der Waals surface area contributed by atoms with Gasteiger partial charge in [0.05, 0.1) is 17.2 Å². The maximum absolute atomic E-state index is 12.4. The summed E-state index contributed by atoms with van der Waals surface area (Å²) in [4.78, 5) is 12.4. The molecular weight excluding hydrogens is 336 g/mol. The van der Waals surface area contributed by atoms with Crippen molar-refractivity contribution in [1.82, 2.24) is 5.32 Å². The van der Waals surface area contributed by atoms with Gasteiger partial charge in [0.25, 0.3) is 5.91 Å². The van der Waals surface area contributed by atoms with Crippen LogP contribution in [-0.2, 0) is 10.3 Å². The van der Waals surface area contributed by atoms with Gasteiger partial charge < -0.3 is 10.1 Å². The van der Waals surface area contributed by atoms with E-state index in [1.54, 1.807) is 24.3 Å². The van der Waals surface area contributed by atoms with Crippen molar-refractivity contribution in [1.29, 1.82) is 5.26 Å². The topological polar surface area (TPSA) is 62.1 Å². The van der Waals surface area contributed by atoms with E-state index < -0.39 is 5.54 Å². The second-order valence-corrected chi connectivity index (χ2v) is 6.21. The van der Waals surface area contributed by atoms with Gasteiger partial charge in [0.2, 0.25) is 0 Å². The van der Waals surface area contributed by atoms with Gasteiger partial charge in [-0.1, -0.05) is 37.6 Å². The maximum Gasteiger partial charge on any atom is 0.258 e. The van der Waals surface area contributed by atoms with E-state index in [-0.39, 0.29) is 12.5 Å². The van der Waals surface area contributed by atoms with E-state index in [1.807, 2.05) is 44.2 Å². The van der Waals surface area contributed by atoms with Crippen LogP contribution in [0.15, 0.2) is 48.5 Å². The van der Waals surface area contributed by atoms with Crippen molar-refractivity contribution >= 4 is 17.5 Å². The van der Waals surface area contributed by atoms with Crippen LogP contribution in [0.5, 0.6) is 5.75 Å². The van der Waals surface area contributed by atoms with Crippen molar-refractivity contribution in [2.75, 3.05) is 6.61 Å². The van der Waals surface area contributed by atoms with E-state index in [4.69, 9.17) is 21.6 Å². The molecule has 2 aromatic carbocycles. The minimum atomic E-state index is -0.449. The van der Waals surface area contributed by atoms with Crippen LogP contribution in [0, 0.1) is 11.3 Å². The lowest BCUT2D eigenvalue weighted by Crippen LogP contribution is -2.46. The smallest absolute Gasteiger partial charge is 0.258 e. The van der Waals surface area contributed by atoms with Crippen LogP contribution in [0.3, 0.4) is 0 Å². The summed E-state index contributed by atoms with van der Waals surface area (Å²) in [5, 5.41) is 12.6. The summed E-state index contributed by atoms with van der Waals surface area (Å²) in [5.74, 6) is 0.363. The van der Waals surface area contributed by atoms with Gasteiger partial charge in [-0.2, -0.15) is 5.26 Å². The molecule has 0 aliphatic rings. The lowest BCUT2D eigenvalue weighted by molar-refractivity contribution is -0.125. The van der Waals surface area contributed by atoms with Gasteiger partial charge in [0.15, 0.2) is 6.61 Å². The lowest BCUT2D eigenvalue weighted by atomic mass is 9.84. The van der Waals surface area contributed by atoms with Crippen molar-refractivity contribution < 1.29 is 9.53 Å². The van der Waals surface area contributed by atoms with Gasteiger partial charge >= 0.3 is 0 Å². The fraction of sp³-hybridized carbons (Fsp3) is 0.300. The molecule has 0 aliphatic carbocycles. The summed E-state index contributed by atoms with van der Waals surface area (Å²) >= 11 is 5.97. The van der Waals surface area contributed by atoms with Gasteiger partial charge in [0.1, 0.15) is 5.75 Å². The summed E-state index contributed by atoms with van der Waals surface area (Å²) < 4.78 is 5.51. The molecule has 0 unspecified atom stereocenters. The molecule has 5 heteroatoms. The van der Waals surface area contributed by atoms with Gasteiger partial charge in [-0.3, -0.25) is 4.79 Å². The molecule has 2 rings (SSSR count). The molecule has 0 bridgehead atoms. The predicted octanol–water partition coefficient (Wildman–Crippen LogP) is 4.42. The molecule has 0 saturated heterocycles. The quantitative estimate of drug-likeness (QED) is 0.798. The molecule has 0 heterocycles. The first-order valence-electron chi connectivity index (χ1n) is 8.23. The first-order chi connectivity index (χ1) is 12.0. The number of benzene rings is 2. The largest absolute Gasteiger partial charge is 0.484 e. The molecule has 0 aliphatic heterocycles. The molecule has 4 nitrogen and oxygen atoms in total. The van der Waals surface area contributed by atoms with Crippen molar-refractivity contribution in [2.45, 2.75) is 32.2 Å². The maximum atomic E-state index is 12.4. The van der Waals surface area contributed by atoms with E-state index in [2.05, 4.69) is 5.32 Å². The molecule has 0 fully saturated rings. The van der Waals surface area contributed by atoms with Crippen LogP contribution >= 0.6 is 11.6 Å². The van der Waals surface area contributed by atoms with E-state index in [9.17, 15) is 4.79 Å². The average Bonchev–Trinajstić information content (AvgIpc) is 2.65. The molecule has 25 heavy (non-hydrogen) atoms. The Bertz CT molecular complexity index is 745. The minimum absolute atomic E-state index is 0.0821. The zero-order valence-electron chi connectivity index (χ0n) is 14.4. The summed E-state index contributed by atoms with van der Waals surface area (Å²) in [6.07, 6.45) is 1.52. The molecule has 0 saturated carbocycles. The number of hydrogen-bond donors (Lipinski definition) is 1. The number of halogens is 1. The van der Waals surface area contributed by atoms with Crippen LogP contribution in [0.4, 0.5) is 0 Å². The Hall–Kier alpha value is -2.51. The predicted molar refractivity (Wildman–Crippen MR) is 98.5 cm³/mol. The summed E-state index contributed by atoms with van der Waals surface area (Å²) in [7, 11) is 0. The van der Waals surface area contributed by atoms with Crippen molar-refractivity contribution in [3.63, 3.8) is 0 Å². The molecule has 0 atom stereocenters. The Morgan fingerprint density at radius 2 is 1.72 bits per heavy atom. The van der Waals surface area contributed by atoms with Gasteiger partial charge in [-0.25, -0.2) is 0 Å². The average molecular weight is 357 g/mol. The highest BCUT2D eigenvalue weighted by molar-refractivity contribution is 6.30. The summed E-state index contributed by atoms with van der Waals surface area (Å²) in [5.41, 5.74) is 1.12. The number of carbonyl (C=O) groups is 1. The molecule has 0 radical (unpaired) electrons. The van der Waals surface area contributed by atoms with Crippen LogP contribution in [0.25, 0.3) is 0 Å². The molecule has 1 N–H and O–H groups in total. The van der Waals surface area contributed by atoms with Crippen LogP contribution in [0.1, 0.15) is 37.8 Å². The van der Waals surface area contributed by atoms with E-state index in [0.29, 0.717) is 16.3 Å². The highest BCUT2D eigenvalue weighted by atomic mass is 35.5. The number of nitrogens with zero attached hydrogens (tertiary/aromatic N) is 1. The number of ether oxygens (including phenoxy) is 1. The van der Waals surface area contributed by atoms with E-state index >= 15 is 0 Å². The Balaban J connectivity index is 2.04. The van der Waals surface area contributed by atoms with Crippen molar-refractivity contribution in [3.8, 4) is 11.8 Å². The first-order valence-corrected chi connectivity index (χ1v) is 8.61. The van der Waals surface area contributed by atoms with Gasteiger partial charge in [-0.15, -0.1) is 0 Å². The van der Waals surface area contributed by atoms with Gasteiger partial charge in [0, 0.05) is 5.02 Å². The second kappa shape index (κ2) is 8.55. The number of nitriles is 1. The number of hydrogen-bond acceptors (Lipinski definition) is 3. The Morgan fingerprint density at radius 3 is 2.24 bits per heavy atom. The van der Waals surface area contributed by atoms with Gasteiger partial charge in [-0.05, 0) is 54.8 Å². The number of nitrogens with one attached hydrogen (secondary N) is 1. The fourth-order valence-electron chi connectivity index (χ4n) is 2.75. The van der Waals surface area contributed by atoms with Crippen LogP contribution < -0.4 is 10.1 Å². The third-order valence-corrected chi connectivity index (χ3v) is 4.59. The number of rotatable bonds is 7. The SMILES string of the molecule is CCC(CC)(NC(=O)COc1ccc(C#N)cc1)c1ccc(Cl)cc1. The monoisotopic (exact) mass is 356 g/mol. The number of carbonyl (C=O) groups excluding carboxylic acids is 1. The van der Waals surface area contributed by atoms with E-state index in [1.165, 1.54) is 0 Å². The van der Waals surface area contributed by atoms with E-state index in [0.717, 1.165) is 18.4 Å². The molecule has 2 aromatic rings. The third-order valence-electron chi connectivity index (χ3n) is 4.34. The minimum Gasteiger partial charge on any atom is -0.484 e. The number of amides is 1. The van der Waals surface area contributed by atoms with Crippen LogP contribution in [0.2, 0.25) is 5.02 Å². The molecule has 1 amide bonds. The summed E-state index contributed by atoms with van der Waals surface area (Å²) in [6.45, 7) is 4.00. The normalized spacial score (nSPS) is 10.8. The highest BCUT2D eigenvalue weighted by Gasteiger charge is 2.30. The Kier molecular flexibility index (Phi) is 6.44. The lowest BCUT2D eigenvalue weighted by Gasteiger charge is -2.33. The zero-order chi connectivity index (χ0) is 18.3. The van der Waals surface area contributed by atoms with Crippen LogP contribution in [-0.4, -0.2) is 12.5 Å². The standard InChI is InChI=1S/C20H21ClN2O2/c1-3-20(4-2,16-7-9-17(21)10-8-16)23-19(24)14-25-18-11-5-15(13-22)6-12-18/h5-12H,3-4,14H2,1-2H3,(H,23,24). The third kappa shape index (κ3) is 4.74. The Labute approximate surface area is 153 Å². The zero-order valence-corrected chi connectivity index (χ0v) is 15.1. The molecule has 130 valence electrons. The highest BCUT2D eigenvalue weighted by Crippen LogP contribution is 2.29. The van der Waals surface area contributed by atoms with Crippen molar-refractivity contribution in [3.05, 3.63) is 64.7 Å². The fourth-order valence-corrected chi connectivity index (χ4v) is 2.88. The van der Waals surface area contributed by atoms with Crippen molar-refractivity contribution in [2.24, 2.45) is 0 Å². The Morgan fingerprint density at radius 1 is 1.12 bits per heavy atom. The summed E-state index contributed by atoms with van der Waals surface area (Å²) in [6, 6.07) is 16.3. The second-order valence-electron chi connectivity index (χ2n) is 5.77. The molecule has 0 aromatic heterocycles. The molecule has 0 spiro atoms. The molecular formula is C20H21ClN2O2.